The summed E-state index contributed by atoms with van der Waals surface area (Å²) in [6.45, 7) is 1.87. The summed E-state index contributed by atoms with van der Waals surface area (Å²) in [5.41, 5.74) is 4.14. The summed E-state index contributed by atoms with van der Waals surface area (Å²) in [6.07, 6.45) is 9.06. The van der Waals surface area contributed by atoms with Crippen molar-refractivity contribution in [2.24, 2.45) is 11.8 Å². The summed E-state index contributed by atoms with van der Waals surface area (Å²) in [6, 6.07) is 19.0. The quantitative estimate of drug-likeness (QED) is 0.276. The second kappa shape index (κ2) is 13.2. The third kappa shape index (κ3) is 6.74. The zero-order chi connectivity index (χ0) is 32.8. The van der Waals surface area contributed by atoms with Crippen LogP contribution in [0.15, 0.2) is 77.3 Å². The van der Waals surface area contributed by atoms with Crippen molar-refractivity contribution in [3.8, 4) is 5.75 Å². The molecule has 2 heterocycles. The van der Waals surface area contributed by atoms with E-state index in [9.17, 15) is 18.3 Å². The Morgan fingerprint density at radius 2 is 1.89 bits per heavy atom. The predicted octanol–water partition coefficient (Wildman–Crippen LogP) is 6.98. The lowest BCUT2D eigenvalue weighted by Crippen LogP contribution is -2.49. The van der Waals surface area contributed by atoms with Gasteiger partial charge in [0.15, 0.2) is 0 Å². The van der Waals surface area contributed by atoms with Gasteiger partial charge in [0.2, 0.25) is 10.0 Å². The van der Waals surface area contributed by atoms with Crippen LogP contribution in [-0.4, -0.2) is 50.5 Å². The lowest BCUT2D eigenvalue weighted by molar-refractivity contribution is 0.0456. The highest BCUT2D eigenvalue weighted by molar-refractivity contribution is 9.10. The number of rotatable bonds is 2. The van der Waals surface area contributed by atoms with Crippen molar-refractivity contribution in [3.05, 3.63) is 105 Å². The molecule has 2 bridgehead atoms. The molecule has 0 aromatic heterocycles. The largest absolute Gasteiger partial charge is 0.490 e. The zero-order valence-electron chi connectivity index (χ0n) is 26.2. The predicted molar refractivity (Wildman–Crippen MR) is 189 cm³/mol. The number of halogens is 2. The van der Waals surface area contributed by atoms with Crippen molar-refractivity contribution in [1.82, 2.24) is 4.72 Å². The molecule has 47 heavy (non-hydrogen) atoms. The number of allylic oxidation sites excluding steroid dienone is 1. The Morgan fingerprint density at radius 1 is 1.06 bits per heavy atom. The Balaban J connectivity index is 1.26. The highest BCUT2D eigenvalue weighted by Crippen LogP contribution is 2.46. The second-order valence-electron chi connectivity index (χ2n) is 13.7. The molecule has 1 saturated carbocycles. The van der Waals surface area contributed by atoms with Gasteiger partial charge in [0.05, 0.1) is 23.6 Å². The first-order chi connectivity index (χ1) is 22.6. The molecule has 10 heteroatoms. The van der Waals surface area contributed by atoms with Gasteiger partial charge in [0.1, 0.15) is 5.75 Å². The lowest BCUT2D eigenvalue weighted by Gasteiger charge is -2.45. The number of hydrogen-bond acceptors (Lipinski definition) is 6. The first-order valence-corrected chi connectivity index (χ1v) is 19.3. The molecule has 1 fully saturated rings. The minimum absolute atomic E-state index is 0.106. The second-order valence-corrected chi connectivity index (χ2v) is 17.0. The van der Waals surface area contributed by atoms with E-state index >= 15 is 0 Å². The average Bonchev–Trinajstić information content (AvgIpc) is 3.17. The standard InChI is InChI=1S/C37H40BrClN2O5S/c38-28-11-7-24(8-12-28)18-30-5-1-2-6-34(42)31-14-9-27(31)21-41-22-37(17-3-4-25-19-29(39)13-15-32(25)37)23-46-35-16-10-26(20-33(35)41)36(43)40-47(30,44)45/h2,6-8,10-13,15-16,19-20,27,30-31,34,42H,1,3-5,9,14,17-18,21-23H2,(H,40,43)/b6-2-/t27-,30+,31+,34-,37-/m0/s1. The minimum Gasteiger partial charge on any atom is -0.490 e. The molecule has 0 saturated heterocycles. The third-order valence-corrected chi connectivity index (χ3v) is 13.2. The number of nitrogens with one attached hydrogen (secondary N) is 1. The van der Waals surface area contributed by atoms with Crippen molar-refractivity contribution in [1.29, 1.82) is 0 Å². The van der Waals surface area contributed by atoms with Gasteiger partial charge in [0, 0.05) is 33.6 Å². The average molecular weight is 740 g/mol. The van der Waals surface area contributed by atoms with E-state index in [1.807, 2.05) is 42.5 Å². The number of carbonyl (C=O) groups is 1. The van der Waals surface area contributed by atoms with E-state index in [0.29, 0.717) is 38.3 Å². The molecule has 1 amide bonds. The molecule has 1 spiro atoms. The molecule has 2 aliphatic heterocycles. The van der Waals surface area contributed by atoms with Crippen molar-refractivity contribution >= 4 is 49.1 Å². The lowest BCUT2D eigenvalue weighted by atomic mass is 9.68. The number of aryl methyl sites for hydroxylation is 1. The van der Waals surface area contributed by atoms with E-state index in [2.05, 4.69) is 37.7 Å². The number of ether oxygens (including phenoxy) is 1. The number of nitrogens with zero attached hydrogens (tertiary/aromatic N) is 1. The first-order valence-electron chi connectivity index (χ1n) is 16.6. The van der Waals surface area contributed by atoms with Gasteiger partial charge in [0.25, 0.3) is 5.91 Å². The Bertz CT molecular complexity index is 1800. The molecule has 2 N–H and O–H groups in total. The van der Waals surface area contributed by atoms with E-state index in [0.717, 1.165) is 52.9 Å². The number of carbonyl (C=O) groups excluding carboxylic acids is 1. The van der Waals surface area contributed by atoms with Gasteiger partial charge in [-0.2, -0.15) is 0 Å². The maximum Gasteiger partial charge on any atom is 0.264 e. The van der Waals surface area contributed by atoms with Gasteiger partial charge in [-0.1, -0.05) is 57.9 Å². The van der Waals surface area contributed by atoms with Crippen LogP contribution in [0, 0.1) is 11.8 Å². The van der Waals surface area contributed by atoms with Crippen molar-refractivity contribution < 1.29 is 23.1 Å². The highest BCUT2D eigenvalue weighted by atomic mass is 79.9. The van der Waals surface area contributed by atoms with Gasteiger partial charge in [-0.05, 0) is 122 Å². The fourth-order valence-electron chi connectivity index (χ4n) is 7.99. The van der Waals surface area contributed by atoms with E-state index in [1.54, 1.807) is 18.2 Å². The zero-order valence-corrected chi connectivity index (χ0v) is 29.4. The Hall–Kier alpha value is -2.85. The monoisotopic (exact) mass is 738 g/mol. The number of fused-ring (bicyclic) bond motifs is 4. The van der Waals surface area contributed by atoms with Crippen molar-refractivity contribution in [2.45, 2.75) is 68.1 Å². The van der Waals surface area contributed by atoms with Gasteiger partial charge < -0.3 is 14.7 Å². The first kappa shape index (κ1) is 32.7. The number of sulfonamides is 1. The smallest absolute Gasteiger partial charge is 0.264 e. The van der Waals surface area contributed by atoms with Crippen molar-refractivity contribution in [2.75, 3.05) is 24.6 Å². The molecular weight excluding hydrogens is 700 g/mol. The fourth-order valence-corrected chi connectivity index (χ4v) is 9.85. The maximum atomic E-state index is 13.8. The van der Waals surface area contributed by atoms with Crippen LogP contribution in [0.3, 0.4) is 0 Å². The van der Waals surface area contributed by atoms with Gasteiger partial charge >= 0.3 is 0 Å². The van der Waals surface area contributed by atoms with E-state index in [-0.39, 0.29) is 29.2 Å². The molecule has 3 aromatic rings. The normalized spacial score (nSPS) is 29.3. The topological polar surface area (TPSA) is 95.9 Å². The molecule has 3 aromatic carbocycles. The van der Waals surface area contributed by atoms with E-state index < -0.39 is 27.3 Å². The van der Waals surface area contributed by atoms with Crippen LogP contribution in [0.1, 0.15) is 65.6 Å². The summed E-state index contributed by atoms with van der Waals surface area (Å²) >= 11 is 9.85. The summed E-state index contributed by atoms with van der Waals surface area (Å²) in [5, 5.41) is 11.2. The van der Waals surface area contributed by atoms with Crippen molar-refractivity contribution in [3.63, 3.8) is 0 Å². The third-order valence-electron chi connectivity index (χ3n) is 10.7. The molecular formula is C37H40BrClN2O5S. The molecule has 7 rings (SSSR count). The van der Waals surface area contributed by atoms with E-state index in [4.69, 9.17) is 16.3 Å². The van der Waals surface area contributed by atoms with Crippen LogP contribution in [0.4, 0.5) is 5.69 Å². The SMILES string of the molecule is O=C1NS(=O)(=O)[C@@H](Cc2ccc(Br)cc2)CC/C=C\[C@H](O)[C@@H]2CC[C@H]2CN2C[C@@]3(CCCc4cc(Cl)ccc43)COc3ccc1cc32. The summed E-state index contributed by atoms with van der Waals surface area (Å²) in [5.74, 6) is 0.397. The molecule has 248 valence electrons. The Kier molecular flexibility index (Phi) is 9.19. The summed E-state index contributed by atoms with van der Waals surface area (Å²) < 4.78 is 37.4. The molecule has 2 aliphatic carbocycles. The van der Waals surface area contributed by atoms with Crippen LogP contribution in [-0.2, 0) is 28.3 Å². The maximum absolute atomic E-state index is 13.8. The Morgan fingerprint density at radius 3 is 2.68 bits per heavy atom. The number of aliphatic hydroxyl groups excluding tert-OH is 1. The highest BCUT2D eigenvalue weighted by Gasteiger charge is 2.44. The van der Waals surface area contributed by atoms with Gasteiger partial charge in [-0.3, -0.25) is 4.79 Å². The molecule has 7 nitrogen and oxygen atoms in total. The molecule has 0 unspecified atom stereocenters. The number of benzene rings is 3. The van der Waals surface area contributed by atoms with Gasteiger partial charge in [-0.15, -0.1) is 0 Å². The molecule has 5 atom stereocenters. The molecule has 4 aliphatic rings. The van der Waals surface area contributed by atoms with Crippen LogP contribution in [0.25, 0.3) is 0 Å². The van der Waals surface area contributed by atoms with Crippen LogP contribution < -0.4 is 14.4 Å². The number of amides is 1. The summed E-state index contributed by atoms with van der Waals surface area (Å²) in [7, 11) is -4.04. The van der Waals surface area contributed by atoms with Gasteiger partial charge in [-0.25, -0.2) is 13.1 Å². The number of anilines is 1. The minimum atomic E-state index is -4.04. The number of hydrogen-bond donors (Lipinski definition) is 2. The van der Waals surface area contributed by atoms with Crippen LogP contribution in [0.5, 0.6) is 5.75 Å². The number of aliphatic hydroxyl groups is 1. The van der Waals surface area contributed by atoms with Crippen LogP contribution in [0.2, 0.25) is 5.02 Å². The fraction of sp³-hybridized carbons (Fsp3) is 0.432. The van der Waals surface area contributed by atoms with Crippen LogP contribution >= 0.6 is 27.5 Å². The Labute approximate surface area is 290 Å². The molecule has 0 radical (unpaired) electrons. The van der Waals surface area contributed by atoms with E-state index in [1.165, 1.54) is 11.1 Å². The summed E-state index contributed by atoms with van der Waals surface area (Å²) in [4.78, 5) is 16.0.